The summed E-state index contributed by atoms with van der Waals surface area (Å²) < 4.78 is 10.4. The SMILES string of the molecule is COc1ccc(C(=O)N2CCN(N)CC2)cc1OC. The molecule has 1 aliphatic rings. The number of piperazine rings is 1. The third-order valence-electron chi connectivity index (χ3n) is 3.23. The molecule has 2 N–H and O–H groups in total. The first kappa shape index (κ1) is 13.6. The van der Waals surface area contributed by atoms with E-state index in [1.807, 2.05) is 0 Å². The van der Waals surface area contributed by atoms with Crippen molar-refractivity contribution in [3.05, 3.63) is 23.8 Å². The number of carbonyl (C=O) groups is 1. The number of hydrogen-bond acceptors (Lipinski definition) is 5. The number of hydrogen-bond donors (Lipinski definition) is 1. The average Bonchev–Trinajstić information content (AvgIpc) is 2.46. The molecule has 1 aromatic rings. The van der Waals surface area contributed by atoms with Gasteiger partial charge in [-0.15, -0.1) is 0 Å². The van der Waals surface area contributed by atoms with Crippen LogP contribution < -0.4 is 15.3 Å². The van der Waals surface area contributed by atoms with Crippen molar-refractivity contribution in [2.24, 2.45) is 5.84 Å². The molecule has 0 saturated carbocycles. The van der Waals surface area contributed by atoms with Gasteiger partial charge in [-0.3, -0.25) is 10.6 Å². The zero-order valence-corrected chi connectivity index (χ0v) is 11.3. The molecule has 6 nitrogen and oxygen atoms in total. The van der Waals surface area contributed by atoms with Gasteiger partial charge in [0.2, 0.25) is 0 Å². The van der Waals surface area contributed by atoms with Crippen LogP contribution in [-0.2, 0) is 0 Å². The zero-order chi connectivity index (χ0) is 13.8. The van der Waals surface area contributed by atoms with Crippen molar-refractivity contribution in [3.63, 3.8) is 0 Å². The Kier molecular flexibility index (Phi) is 4.24. The maximum Gasteiger partial charge on any atom is 0.254 e. The molecule has 0 radical (unpaired) electrons. The third kappa shape index (κ3) is 2.97. The van der Waals surface area contributed by atoms with Gasteiger partial charge in [0.1, 0.15) is 0 Å². The van der Waals surface area contributed by atoms with Crippen molar-refractivity contribution < 1.29 is 14.3 Å². The van der Waals surface area contributed by atoms with E-state index in [2.05, 4.69) is 0 Å². The minimum Gasteiger partial charge on any atom is -0.493 e. The van der Waals surface area contributed by atoms with E-state index >= 15 is 0 Å². The molecule has 1 heterocycles. The predicted molar refractivity (Wildman–Crippen MR) is 71.2 cm³/mol. The van der Waals surface area contributed by atoms with E-state index in [9.17, 15) is 4.79 Å². The second kappa shape index (κ2) is 5.90. The third-order valence-corrected chi connectivity index (χ3v) is 3.23. The smallest absolute Gasteiger partial charge is 0.254 e. The molecular formula is C13H19N3O3. The van der Waals surface area contributed by atoms with Crippen LogP contribution in [-0.4, -0.2) is 56.2 Å². The van der Waals surface area contributed by atoms with Crippen molar-refractivity contribution in [1.29, 1.82) is 0 Å². The molecule has 6 heteroatoms. The summed E-state index contributed by atoms with van der Waals surface area (Å²) in [4.78, 5) is 14.1. The van der Waals surface area contributed by atoms with Gasteiger partial charge in [-0.05, 0) is 18.2 Å². The van der Waals surface area contributed by atoms with Crippen LogP contribution in [0.5, 0.6) is 11.5 Å². The Morgan fingerprint density at radius 1 is 1.11 bits per heavy atom. The monoisotopic (exact) mass is 265 g/mol. The first-order valence-corrected chi connectivity index (χ1v) is 6.16. The fraction of sp³-hybridized carbons (Fsp3) is 0.462. The van der Waals surface area contributed by atoms with Crippen molar-refractivity contribution in [3.8, 4) is 11.5 Å². The summed E-state index contributed by atoms with van der Waals surface area (Å²) >= 11 is 0. The summed E-state index contributed by atoms with van der Waals surface area (Å²) in [6, 6.07) is 5.19. The maximum absolute atomic E-state index is 12.3. The van der Waals surface area contributed by atoms with E-state index in [0.717, 1.165) is 0 Å². The Morgan fingerprint density at radius 3 is 2.32 bits per heavy atom. The van der Waals surface area contributed by atoms with Gasteiger partial charge in [0.05, 0.1) is 14.2 Å². The summed E-state index contributed by atoms with van der Waals surface area (Å²) in [5.41, 5.74) is 0.600. The highest BCUT2D eigenvalue weighted by atomic mass is 16.5. The van der Waals surface area contributed by atoms with Crippen molar-refractivity contribution >= 4 is 5.91 Å². The highest BCUT2D eigenvalue weighted by molar-refractivity contribution is 5.95. The Labute approximate surface area is 112 Å². The van der Waals surface area contributed by atoms with Crippen LogP contribution in [0.4, 0.5) is 0 Å². The molecule has 0 unspecified atom stereocenters. The molecule has 0 bridgehead atoms. The fourth-order valence-electron chi connectivity index (χ4n) is 2.08. The van der Waals surface area contributed by atoms with Gasteiger partial charge in [0.15, 0.2) is 11.5 Å². The van der Waals surface area contributed by atoms with E-state index in [1.165, 1.54) is 0 Å². The Balaban J connectivity index is 2.15. The van der Waals surface area contributed by atoms with Crippen molar-refractivity contribution in [2.75, 3.05) is 40.4 Å². The van der Waals surface area contributed by atoms with Gasteiger partial charge in [-0.2, -0.15) is 0 Å². The Bertz CT molecular complexity index is 456. The number of hydrazine groups is 1. The van der Waals surface area contributed by atoms with Gasteiger partial charge >= 0.3 is 0 Å². The number of ether oxygens (including phenoxy) is 2. The quantitative estimate of drug-likeness (QED) is 0.798. The number of rotatable bonds is 3. The molecule has 1 aliphatic heterocycles. The van der Waals surface area contributed by atoms with Crippen LogP contribution in [0, 0.1) is 0 Å². The number of benzene rings is 1. The first-order valence-electron chi connectivity index (χ1n) is 6.16. The van der Waals surface area contributed by atoms with E-state index in [4.69, 9.17) is 15.3 Å². The Morgan fingerprint density at radius 2 is 1.74 bits per heavy atom. The molecule has 0 aliphatic carbocycles. The minimum absolute atomic E-state index is 0.00551. The lowest BCUT2D eigenvalue weighted by Gasteiger charge is -2.32. The van der Waals surface area contributed by atoms with Crippen LogP contribution in [0.15, 0.2) is 18.2 Å². The van der Waals surface area contributed by atoms with E-state index in [0.29, 0.717) is 43.2 Å². The number of nitrogens with zero attached hydrogens (tertiary/aromatic N) is 2. The summed E-state index contributed by atoms with van der Waals surface area (Å²) in [5, 5.41) is 1.72. The highest BCUT2D eigenvalue weighted by Gasteiger charge is 2.21. The molecule has 0 spiro atoms. The second-order valence-electron chi connectivity index (χ2n) is 4.40. The lowest BCUT2D eigenvalue weighted by molar-refractivity contribution is 0.0637. The molecule has 19 heavy (non-hydrogen) atoms. The first-order chi connectivity index (χ1) is 9.15. The minimum atomic E-state index is -0.00551. The number of carbonyl (C=O) groups excluding carboxylic acids is 1. The molecule has 1 fully saturated rings. The van der Waals surface area contributed by atoms with Gasteiger partial charge < -0.3 is 14.4 Å². The van der Waals surface area contributed by atoms with Crippen molar-refractivity contribution in [1.82, 2.24) is 9.91 Å². The lowest BCUT2D eigenvalue weighted by atomic mass is 10.1. The summed E-state index contributed by atoms with van der Waals surface area (Å²) in [7, 11) is 3.12. The molecule has 0 aromatic heterocycles. The van der Waals surface area contributed by atoms with Crippen LogP contribution in [0.2, 0.25) is 0 Å². The molecule has 2 rings (SSSR count). The van der Waals surface area contributed by atoms with Crippen LogP contribution in [0.3, 0.4) is 0 Å². The van der Waals surface area contributed by atoms with E-state index in [-0.39, 0.29) is 5.91 Å². The lowest BCUT2D eigenvalue weighted by Crippen LogP contribution is -2.51. The normalized spacial score (nSPS) is 16.3. The molecule has 1 saturated heterocycles. The largest absolute Gasteiger partial charge is 0.493 e. The Hall–Kier alpha value is -1.79. The maximum atomic E-state index is 12.3. The summed E-state index contributed by atoms with van der Waals surface area (Å²) in [6.07, 6.45) is 0. The average molecular weight is 265 g/mol. The molecule has 1 aromatic carbocycles. The molecular weight excluding hydrogens is 246 g/mol. The van der Waals surface area contributed by atoms with Gasteiger partial charge in [0, 0.05) is 31.7 Å². The van der Waals surface area contributed by atoms with Crippen LogP contribution in [0.1, 0.15) is 10.4 Å². The van der Waals surface area contributed by atoms with Crippen molar-refractivity contribution in [2.45, 2.75) is 0 Å². The van der Waals surface area contributed by atoms with E-state index < -0.39 is 0 Å². The number of methoxy groups -OCH3 is 2. The molecule has 0 atom stereocenters. The summed E-state index contributed by atoms with van der Waals surface area (Å²) in [5.74, 6) is 6.85. The van der Waals surface area contributed by atoms with Crippen LogP contribution in [0.25, 0.3) is 0 Å². The number of nitrogens with two attached hydrogens (primary N) is 1. The topological polar surface area (TPSA) is 68.0 Å². The second-order valence-corrected chi connectivity index (χ2v) is 4.40. The fourth-order valence-corrected chi connectivity index (χ4v) is 2.08. The highest BCUT2D eigenvalue weighted by Crippen LogP contribution is 2.28. The van der Waals surface area contributed by atoms with E-state index in [1.54, 1.807) is 42.3 Å². The molecule has 104 valence electrons. The number of amides is 1. The summed E-state index contributed by atoms with van der Waals surface area (Å²) in [6.45, 7) is 2.67. The molecule has 1 amide bonds. The van der Waals surface area contributed by atoms with Gasteiger partial charge in [0.25, 0.3) is 5.91 Å². The standard InChI is InChI=1S/C13H19N3O3/c1-18-11-4-3-10(9-12(11)19-2)13(17)15-5-7-16(14)8-6-15/h3-4,9H,5-8,14H2,1-2H3. The predicted octanol–water partition coefficient (Wildman–Crippen LogP) is 0.335. The zero-order valence-electron chi connectivity index (χ0n) is 11.3. The van der Waals surface area contributed by atoms with Crippen LogP contribution >= 0.6 is 0 Å². The van der Waals surface area contributed by atoms with Gasteiger partial charge in [-0.25, -0.2) is 5.01 Å². The van der Waals surface area contributed by atoms with Gasteiger partial charge in [-0.1, -0.05) is 0 Å².